The van der Waals surface area contributed by atoms with Crippen LogP contribution in [0.1, 0.15) is 45.1 Å². The van der Waals surface area contributed by atoms with Gasteiger partial charge in [-0.1, -0.05) is 0 Å². The van der Waals surface area contributed by atoms with Crippen LogP contribution in [0.3, 0.4) is 0 Å². The zero-order chi connectivity index (χ0) is 17.5. The van der Waals surface area contributed by atoms with Crippen molar-refractivity contribution in [1.29, 1.82) is 0 Å². The van der Waals surface area contributed by atoms with E-state index in [1.54, 1.807) is 11.1 Å². The molecule has 0 saturated carbocycles. The number of amides is 2. The predicted molar refractivity (Wildman–Crippen MR) is 85.3 cm³/mol. The van der Waals surface area contributed by atoms with Crippen molar-refractivity contribution in [3.05, 3.63) is 17.7 Å². The Kier molecular flexibility index (Phi) is 4.25. The van der Waals surface area contributed by atoms with Crippen molar-refractivity contribution in [2.75, 3.05) is 13.1 Å². The Labute approximate surface area is 141 Å². The summed E-state index contributed by atoms with van der Waals surface area (Å²) < 4.78 is 6.88. The first-order valence-corrected chi connectivity index (χ1v) is 8.25. The predicted octanol–water partition coefficient (Wildman–Crippen LogP) is 1.56. The molecule has 3 heterocycles. The Balaban J connectivity index is 1.59. The minimum absolute atomic E-state index is 0.0858. The fourth-order valence-corrected chi connectivity index (χ4v) is 3.23. The molecular formula is C16H24N4O4. The van der Waals surface area contributed by atoms with Crippen molar-refractivity contribution >= 4 is 12.1 Å². The smallest absolute Gasteiger partial charge is 0.410 e. The maximum Gasteiger partial charge on any atom is 0.410 e. The molecule has 2 amide bonds. The molecule has 132 valence electrons. The summed E-state index contributed by atoms with van der Waals surface area (Å²) in [6, 6.07) is -0.0510. The lowest BCUT2D eigenvalue weighted by Crippen LogP contribution is -2.48. The van der Waals surface area contributed by atoms with Crippen LogP contribution in [0.25, 0.3) is 0 Å². The number of fused-ring (bicyclic) bond motifs is 1. The molecule has 0 radical (unpaired) electrons. The number of likely N-dealkylation sites (tertiary alicyclic amines) is 1. The van der Waals surface area contributed by atoms with Gasteiger partial charge in [-0.2, -0.15) is 0 Å². The van der Waals surface area contributed by atoms with Crippen LogP contribution in [0.2, 0.25) is 0 Å². The monoisotopic (exact) mass is 336 g/mol. The van der Waals surface area contributed by atoms with E-state index in [1.807, 2.05) is 25.7 Å². The van der Waals surface area contributed by atoms with E-state index < -0.39 is 5.60 Å². The molecule has 24 heavy (non-hydrogen) atoms. The number of piperidine rings is 1. The standard InChI is InChI=1S/C16H24N4O4/c1-16(2,3)24-15(23)18-6-4-11(5-7-18)19-9-12-8-17-13(10-21)20(12)14(19)22/h8,11,21H,4-7,9-10H2,1-3H3. The summed E-state index contributed by atoms with van der Waals surface area (Å²) in [5.41, 5.74) is 0.300. The molecule has 0 aromatic carbocycles. The number of hydrogen-bond donors (Lipinski definition) is 1. The zero-order valence-electron chi connectivity index (χ0n) is 14.4. The van der Waals surface area contributed by atoms with Gasteiger partial charge in [0.15, 0.2) is 0 Å². The lowest BCUT2D eigenvalue weighted by Gasteiger charge is -2.36. The van der Waals surface area contributed by atoms with Crippen LogP contribution < -0.4 is 0 Å². The quantitative estimate of drug-likeness (QED) is 0.885. The Bertz CT molecular complexity index is 641. The number of aliphatic hydroxyl groups excluding tert-OH is 1. The van der Waals surface area contributed by atoms with Gasteiger partial charge < -0.3 is 19.6 Å². The Morgan fingerprint density at radius 2 is 2.04 bits per heavy atom. The molecule has 1 aromatic rings. The van der Waals surface area contributed by atoms with E-state index in [-0.39, 0.29) is 24.8 Å². The van der Waals surface area contributed by atoms with Crippen molar-refractivity contribution in [1.82, 2.24) is 19.4 Å². The van der Waals surface area contributed by atoms with Gasteiger partial charge in [0.05, 0.1) is 18.4 Å². The Hall–Kier alpha value is -2.09. The molecule has 3 rings (SSSR count). The van der Waals surface area contributed by atoms with E-state index in [9.17, 15) is 14.7 Å². The second kappa shape index (κ2) is 6.08. The van der Waals surface area contributed by atoms with Gasteiger partial charge in [0.2, 0.25) is 0 Å². The van der Waals surface area contributed by atoms with Crippen molar-refractivity contribution in [2.45, 2.75) is 58.4 Å². The highest BCUT2D eigenvalue weighted by Crippen LogP contribution is 2.26. The molecule has 0 bridgehead atoms. The van der Waals surface area contributed by atoms with E-state index >= 15 is 0 Å². The minimum Gasteiger partial charge on any atom is -0.444 e. The third kappa shape index (κ3) is 3.10. The lowest BCUT2D eigenvalue weighted by molar-refractivity contribution is 0.0166. The number of imidazole rings is 1. The van der Waals surface area contributed by atoms with Crippen LogP contribution in [-0.4, -0.2) is 61.3 Å². The van der Waals surface area contributed by atoms with E-state index in [2.05, 4.69) is 4.98 Å². The van der Waals surface area contributed by atoms with Crippen molar-refractivity contribution in [3.8, 4) is 0 Å². The van der Waals surface area contributed by atoms with E-state index in [1.165, 1.54) is 4.57 Å². The zero-order valence-corrected chi connectivity index (χ0v) is 14.4. The summed E-state index contributed by atoms with van der Waals surface area (Å²) in [7, 11) is 0. The third-order valence-electron chi connectivity index (χ3n) is 4.38. The van der Waals surface area contributed by atoms with Crippen LogP contribution in [0.5, 0.6) is 0 Å². The Morgan fingerprint density at radius 1 is 1.38 bits per heavy atom. The second-order valence-electron chi connectivity index (χ2n) is 7.27. The lowest BCUT2D eigenvalue weighted by atomic mass is 10.0. The molecule has 2 aliphatic heterocycles. The van der Waals surface area contributed by atoms with Crippen molar-refractivity contribution in [3.63, 3.8) is 0 Å². The molecule has 1 aromatic heterocycles. The first kappa shape index (κ1) is 16.8. The molecule has 8 nitrogen and oxygen atoms in total. The van der Waals surface area contributed by atoms with E-state index in [4.69, 9.17) is 4.74 Å². The largest absolute Gasteiger partial charge is 0.444 e. The summed E-state index contributed by atoms with van der Waals surface area (Å²) in [6.45, 7) is 6.94. The molecule has 1 N–H and O–H groups in total. The average Bonchev–Trinajstić information content (AvgIpc) is 3.06. The highest BCUT2D eigenvalue weighted by molar-refractivity contribution is 5.81. The third-order valence-corrected chi connectivity index (χ3v) is 4.38. The average molecular weight is 336 g/mol. The molecular weight excluding hydrogens is 312 g/mol. The van der Waals surface area contributed by atoms with Crippen LogP contribution in [0.4, 0.5) is 9.59 Å². The maximum absolute atomic E-state index is 12.6. The number of rotatable bonds is 2. The number of hydrogen-bond acceptors (Lipinski definition) is 5. The second-order valence-corrected chi connectivity index (χ2v) is 7.27. The van der Waals surface area contributed by atoms with E-state index in [0.717, 1.165) is 18.5 Å². The summed E-state index contributed by atoms with van der Waals surface area (Å²) in [4.78, 5) is 32.2. The SMILES string of the molecule is CC(C)(C)OC(=O)N1CCC(N2Cc3cnc(CO)n3C2=O)CC1. The van der Waals surface area contributed by atoms with Gasteiger partial charge in [0.1, 0.15) is 18.0 Å². The molecule has 1 saturated heterocycles. The van der Waals surface area contributed by atoms with Crippen LogP contribution in [0, 0.1) is 0 Å². The summed E-state index contributed by atoms with van der Waals surface area (Å²) >= 11 is 0. The Morgan fingerprint density at radius 3 is 2.62 bits per heavy atom. The molecule has 1 fully saturated rings. The highest BCUT2D eigenvalue weighted by atomic mass is 16.6. The van der Waals surface area contributed by atoms with Gasteiger partial charge in [0.25, 0.3) is 0 Å². The first-order chi connectivity index (χ1) is 11.3. The molecule has 0 aliphatic carbocycles. The highest BCUT2D eigenvalue weighted by Gasteiger charge is 2.37. The van der Waals surface area contributed by atoms with Gasteiger partial charge >= 0.3 is 12.1 Å². The van der Waals surface area contributed by atoms with Crippen molar-refractivity contribution in [2.24, 2.45) is 0 Å². The van der Waals surface area contributed by atoms with Gasteiger partial charge in [-0.15, -0.1) is 0 Å². The number of carbonyl (C=O) groups is 2. The molecule has 8 heteroatoms. The van der Waals surface area contributed by atoms with Gasteiger partial charge in [-0.3, -0.25) is 0 Å². The van der Waals surface area contributed by atoms with Crippen LogP contribution in [-0.2, 0) is 17.9 Å². The number of carbonyl (C=O) groups excluding carboxylic acids is 2. The fraction of sp³-hybridized carbons (Fsp3) is 0.688. The van der Waals surface area contributed by atoms with Gasteiger partial charge in [-0.25, -0.2) is 19.1 Å². The maximum atomic E-state index is 12.6. The van der Waals surface area contributed by atoms with Crippen molar-refractivity contribution < 1.29 is 19.4 Å². The molecule has 0 unspecified atom stereocenters. The van der Waals surface area contributed by atoms with Gasteiger partial charge in [0, 0.05) is 19.1 Å². The normalized spacial score (nSPS) is 18.9. The number of aliphatic hydroxyl groups is 1. The number of aromatic nitrogens is 2. The minimum atomic E-state index is -0.504. The summed E-state index contributed by atoms with van der Waals surface area (Å²) in [5.74, 6) is 0.378. The molecule has 0 atom stereocenters. The van der Waals surface area contributed by atoms with Crippen LogP contribution in [0.15, 0.2) is 6.20 Å². The number of ether oxygens (including phenoxy) is 1. The van der Waals surface area contributed by atoms with Crippen LogP contribution >= 0.6 is 0 Å². The summed E-state index contributed by atoms with van der Waals surface area (Å²) in [5, 5.41) is 9.28. The summed E-state index contributed by atoms with van der Waals surface area (Å²) in [6.07, 6.45) is 2.78. The van der Waals surface area contributed by atoms with Gasteiger partial charge in [-0.05, 0) is 33.6 Å². The number of nitrogens with zero attached hydrogens (tertiary/aromatic N) is 4. The first-order valence-electron chi connectivity index (χ1n) is 8.25. The molecule has 0 spiro atoms. The fourth-order valence-electron chi connectivity index (χ4n) is 3.23. The topological polar surface area (TPSA) is 87.9 Å². The molecule has 2 aliphatic rings. The van der Waals surface area contributed by atoms with E-state index in [0.29, 0.717) is 25.5 Å².